The fourth-order valence-corrected chi connectivity index (χ4v) is 4.07. The van der Waals surface area contributed by atoms with Gasteiger partial charge in [0.2, 0.25) is 15.0 Å². The van der Waals surface area contributed by atoms with E-state index >= 15 is 0 Å². The Balaban J connectivity index is 1.91. The number of hydrogen-bond acceptors (Lipinski definition) is 5. The summed E-state index contributed by atoms with van der Waals surface area (Å²) in [5.74, 6) is -1.97. The van der Waals surface area contributed by atoms with Gasteiger partial charge in [-0.05, 0) is 31.5 Å². The van der Waals surface area contributed by atoms with Crippen molar-refractivity contribution in [2.75, 3.05) is 5.32 Å². The topological polar surface area (TPSA) is 89.0 Å². The van der Waals surface area contributed by atoms with E-state index in [0.717, 1.165) is 23.4 Å². The third-order valence-electron chi connectivity index (χ3n) is 4.15. The highest BCUT2D eigenvalue weighted by Crippen LogP contribution is 2.21. The number of rotatable bonds is 5. The minimum Gasteiger partial charge on any atom is -0.320 e. The second-order valence-electron chi connectivity index (χ2n) is 6.47. The van der Waals surface area contributed by atoms with Crippen LogP contribution < -0.4 is 5.32 Å². The Kier molecular flexibility index (Phi) is 5.95. The van der Waals surface area contributed by atoms with Gasteiger partial charge in [0, 0.05) is 11.3 Å². The summed E-state index contributed by atoms with van der Waals surface area (Å²) >= 11 is 6.02. The smallest absolute Gasteiger partial charge is 0.275 e. The summed E-state index contributed by atoms with van der Waals surface area (Å²) in [6.45, 7) is 3.75. The van der Waals surface area contributed by atoms with E-state index < -0.39 is 32.5 Å². The molecule has 0 aliphatic carbocycles. The molecule has 0 aliphatic heterocycles. The first kappa shape index (κ1) is 20.9. The number of nitrogens with zero attached hydrogens (tertiary/aromatic N) is 2. The lowest BCUT2D eigenvalue weighted by Crippen LogP contribution is -2.18. The molecule has 1 N–H and O–H groups in total. The number of aromatic nitrogens is 2. The number of sulfone groups is 1. The largest absolute Gasteiger partial charge is 0.320 e. The zero-order valence-electron chi connectivity index (χ0n) is 15.6. The Labute approximate surface area is 172 Å². The van der Waals surface area contributed by atoms with Crippen molar-refractivity contribution in [3.05, 3.63) is 81.9 Å². The van der Waals surface area contributed by atoms with Crippen LogP contribution in [0.1, 0.15) is 27.2 Å². The minimum atomic E-state index is -4.10. The second kappa shape index (κ2) is 8.26. The summed E-state index contributed by atoms with van der Waals surface area (Å²) in [6, 6.07) is 11.0. The van der Waals surface area contributed by atoms with Gasteiger partial charge in [0.1, 0.15) is 5.82 Å². The van der Waals surface area contributed by atoms with Gasteiger partial charge in [-0.25, -0.2) is 22.8 Å². The number of amides is 1. The molecular formula is C20H17ClFN3O3S. The van der Waals surface area contributed by atoms with Gasteiger partial charge in [0.25, 0.3) is 5.91 Å². The van der Waals surface area contributed by atoms with E-state index in [4.69, 9.17) is 11.6 Å². The molecule has 29 heavy (non-hydrogen) atoms. The zero-order valence-corrected chi connectivity index (χ0v) is 17.2. The Morgan fingerprint density at radius 1 is 1.17 bits per heavy atom. The van der Waals surface area contributed by atoms with Crippen LogP contribution in [-0.2, 0) is 15.6 Å². The maximum atomic E-state index is 13.8. The van der Waals surface area contributed by atoms with Crippen LogP contribution in [0.3, 0.4) is 0 Å². The van der Waals surface area contributed by atoms with Crippen molar-refractivity contribution in [1.82, 2.24) is 9.97 Å². The van der Waals surface area contributed by atoms with Gasteiger partial charge in [-0.15, -0.1) is 0 Å². The monoisotopic (exact) mass is 433 g/mol. The molecule has 9 heteroatoms. The van der Waals surface area contributed by atoms with Crippen LogP contribution >= 0.6 is 11.6 Å². The number of hydrogen-bond donors (Lipinski definition) is 1. The molecule has 0 bridgehead atoms. The first-order valence-electron chi connectivity index (χ1n) is 8.54. The van der Waals surface area contributed by atoms with E-state index in [1.807, 2.05) is 26.0 Å². The summed E-state index contributed by atoms with van der Waals surface area (Å²) < 4.78 is 39.1. The van der Waals surface area contributed by atoms with Gasteiger partial charge in [0.15, 0.2) is 5.69 Å². The maximum Gasteiger partial charge on any atom is 0.275 e. The average molecular weight is 434 g/mol. The van der Waals surface area contributed by atoms with Crippen molar-refractivity contribution in [2.24, 2.45) is 0 Å². The van der Waals surface area contributed by atoms with E-state index in [2.05, 4.69) is 15.3 Å². The lowest BCUT2D eigenvalue weighted by Gasteiger charge is -2.10. The SMILES string of the molecule is Cc1ccc(NC(=O)c2nc(S(=O)(=O)Cc3ccccc3F)ncc2Cl)c(C)c1. The van der Waals surface area contributed by atoms with E-state index in [0.29, 0.717) is 5.69 Å². The van der Waals surface area contributed by atoms with Crippen LogP contribution in [0.2, 0.25) is 5.02 Å². The molecule has 2 aromatic carbocycles. The van der Waals surface area contributed by atoms with E-state index in [9.17, 15) is 17.6 Å². The Morgan fingerprint density at radius 3 is 2.59 bits per heavy atom. The molecule has 0 unspecified atom stereocenters. The highest BCUT2D eigenvalue weighted by molar-refractivity contribution is 7.90. The van der Waals surface area contributed by atoms with Crippen LogP contribution in [0.15, 0.2) is 53.8 Å². The molecule has 0 fully saturated rings. The zero-order chi connectivity index (χ0) is 21.2. The van der Waals surface area contributed by atoms with Crippen LogP contribution in [-0.4, -0.2) is 24.3 Å². The average Bonchev–Trinajstić information content (AvgIpc) is 2.66. The van der Waals surface area contributed by atoms with Crippen LogP contribution in [0.25, 0.3) is 0 Å². The lowest BCUT2D eigenvalue weighted by atomic mass is 10.1. The van der Waals surface area contributed by atoms with Gasteiger partial charge in [-0.1, -0.05) is 47.5 Å². The van der Waals surface area contributed by atoms with E-state index in [1.54, 1.807) is 6.07 Å². The Morgan fingerprint density at radius 2 is 1.90 bits per heavy atom. The Bertz CT molecular complexity index is 1200. The third-order valence-corrected chi connectivity index (χ3v) is 5.87. The highest BCUT2D eigenvalue weighted by Gasteiger charge is 2.24. The molecule has 0 aliphatic rings. The molecule has 6 nitrogen and oxygen atoms in total. The van der Waals surface area contributed by atoms with Crippen molar-refractivity contribution >= 4 is 33.0 Å². The Hall–Kier alpha value is -2.84. The standard InChI is InChI=1S/C20H17ClFN3O3S/c1-12-7-8-17(13(2)9-12)24-19(26)18-15(21)10-23-20(25-18)29(27,28)11-14-5-3-4-6-16(14)22/h3-10H,11H2,1-2H3,(H,24,26). The van der Waals surface area contributed by atoms with Crippen molar-refractivity contribution in [3.63, 3.8) is 0 Å². The number of benzene rings is 2. The van der Waals surface area contributed by atoms with Crippen molar-refractivity contribution in [1.29, 1.82) is 0 Å². The first-order chi connectivity index (χ1) is 13.7. The molecule has 3 rings (SSSR count). The molecule has 1 aromatic heterocycles. The second-order valence-corrected chi connectivity index (χ2v) is 8.76. The summed E-state index contributed by atoms with van der Waals surface area (Å²) in [5, 5.41) is 1.96. The normalized spacial score (nSPS) is 11.3. The number of aryl methyl sites for hydroxylation is 2. The predicted molar refractivity (Wildman–Crippen MR) is 108 cm³/mol. The van der Waals surface area contributed by atoms with Crippen molar-refractivity contribution in [2.45, 2.75) is 24.8 Å². The fourth-order valence-electron chi connectivity index (χ4n) is 2.68. The highest BCUT2D eigenvalue weighted by atomic mass is 35.5. The number of nitrogens with one attached hydrogen (secondary N) is 1. The molecule has 1 amide bonds. The predicted octanol–water partition coefficient (Wildman–Crippen LogP) is 4.11. The number of halogens is 2. The quantitative estimate of drug-likeness (QED) is 0.611. The van der Waals surface area contributed by atoms with Crippen molar-refractivity contribution in [3.8, 4) is 0 Å². The lowest BCUT2D eigenvalue weighted by molar-refractivity contribution is 0.102. The maximum absolute atomic E-state index is 13.8. The molecule has 0 spiro atoms. The molecule has 0 atom stereocenters. The molecule has 0 saturated heterocycles. The van der Waals surface area contributed by atoms with Gasteiger partial charge < -0.3 is 5.32 Å². The van der Waals surface area contributed by atoms with Crippen LogP contribution in [0, 0.1) is 19.7 Å². The minimum absolute atomic E-state index is 0.0210. The number of carbonyl (C=O) groups is 1. The van der Waals surface area contributed by atoms with Gasteiger partial charge >= 0.3 is 0 Å². The van der Waals surface area contributed by atoms with E-state index in [1.165, 1.54) is 18.2 Å². The number of anilines is 1. The van der Waals surface area contributed by atoms with Crippen LogP contribution in [0.4, 0.5) is 10.1 Å². The summed E-state index contributed by atoms with van der Waals surface area (Å²) in [4.78, 5) is 20.2. The van der Waals surface area contributed by atoms with Gasteiger partial charge in [-0.2, -0.15) is 0 Å². The van der Waals surface area contributed by atoms with Gasteiger partial charge in [0.05, 0.1) is 17.0 Å². The summed E-state index contributed by atoms with van der Waals surface area (Å²) in [5.41, 5.74) is 2.10. The molecule has 0 saturated carbocycles. The molecular weight excluding hydrogens is 417 g/mol. The summed E-state index contributed by atoms with van der Waals surface area (Å²) in [7, 11) is -4.10. The molecule has 1 heterocycles. The molecule has 0 radical (unpaired) electrons. The van der Waals surface area contributed by atoms with Crippen LogP contribution in [0.5, 0.6) is 0 Å². The van der Waals surface area contributed by atoms with E-state index in [-0.39, 0.29) is 16.3 Å². The summed E-state index contributed by atoms with van der Waals surface area (Å²) in [6.07, 6.45) is 1.04. The van der Waals surface area contributed by atoms with Gasteiger partial charge in [-0.3, -0.25) is 4.79 Å². The number of carbonyl (C=O) groups excluding carboxylic acids is 1. The fraction of sp³-hybridized carbons (Fsp3) is 0.150. The molecule has 3 aromatic rings. The first-order valence-corrected chi connectivity index (χ1v) is 10.6. The third kappa shape index (κ3) is 4.78. The molecule has 150 valence electrons. The van der Waals surface area contributed by atoms with Crippen molar-refractivity contribution < 1.29 is 17.6 Å².